The van der Waals surface area contributed by atoms with Crippen molar-refractivity contribution in [3.63, 3.8) is 0 Å². The van der Waals surface area contributed by atoms with Gasteiger partial charge in [0, 0.05) is 51.9 Å². The van der Waals surface area contributed by atoms with Gasteiger partial charge >= 0.3 is 0 Å². The van der Waals surface area contributed by atoms with E-state index in [4.69, 9.17) is 0 Å². The minimum absolute atomic E-state index is 0.172. The number of hydrogen-bond acceptors (Lipinski definition) is 4. The number of amides is 2. The van der Waals surface area contributed by atoms with Crippen molar-refractivity contribution < 1.29 is 9.59 Å². The lowest BCUT2D eigenvalue weighted by Crippen LogP contribution is -2.52. The average molecular weight is 415 g/mol. The van der Waals surface area contributed by atoms with E-state index < -0.39 is 0 Å². The summed E-state index contributed by atoms with van der Waals surface area (Å²) in [5.41, 5.74) is 1.16. The van der Waals surface area contributed by atoms with E-state index >= 15 is 0 Å². The average Bonchev–Trinajstić information content (AvgIpc) is 3.03. The van der Waals surface area contributed by atoms with Crippen molar-refractivity contribution in [3.8, 4) is 0 Å². The van der Waals surface area contributed by atoms with E-state index in [0.29, 0.717) is 19.6 Å². The van der Waals surface area contributed by atoms with Gasteiger partial charge in [0.05, 0.1) is 13.1 Å². The number of rotatable bonds is 7. The molecule has 1 aromatic rings. The molecule has 0 saturated carbocycles. The van der Waals surface area contributed by atoms with E-state index in [1.165, 1.54) is 12.8 Å². The fourth-order valence-corrected chi connectivity index (χ4v) is 4.34. The van der Waals surface area contributed by atoms with Gasteiger partial charge in [0.1, 0.15) is 0 Å². The summed E-state index contributed by atoms with van der Waals surface area (Å²) in [5.74, 6) is 0.457. The molecule has 0 spiro atoms. The Morgan fingerprint density at radius 2 is 1.40 bits per heavy atom. The number of piperazine rings is 1. The Balaban J connectivity index is 1.43. The molecule has 0 unspecified atom stereocenters. The Kier molecular flexibility index (Phi) is 8.70. The van der Waals surface area contributed by atoms with Crippen molar-refractivity contribution in [1.29, 1.82) is 0 Å². The first-order valence-electron chi connectivity index (χ1n) is 11.6. The quantitative estimate of drug-likeness (QED) is 0.688. The first-order valence-corrected chi connectivity index (χ1v) is 11.6. The van der Waals surface area contributed by atoms with Gasteiger partial charge in [-0.05, 0) is 32.3 Å². The second-order valence-electron chi connectivity index (χ2n) is 8.95. The molecule has 0 bridgehead atoms. The summed E-state index contributed by atoms with van der Waals surface area (Å²) in [6, 6.07) is 10.4. The molecule has 6 nitrogen and oxygen atoms in total. The summed E-state index contributed by atoms with van der Waals surface area (Å²) in [4.78, 5) is 34.1. The number of benzene rings is 1. The third kappa shape index (κ3) is 6.81. The molecule has 1 aromatic carbocycles. The molecular formula is C24H38N4O2. The van der Waals surface area contributed by atoms with Crippen LogP contribution >= 0.6 is 0 Å². The van der Waals surface area contributed by atoms with Crippen molar-refractivity contribution >= 4 is 11.8 Å². The Morgan fingerprint density at radius 1 is 0.833 bits per heavy atom. The summed E-state index contributed by atoms with van der Waals surface area (Å²) in [7, 11) is 0. The van der Waals surface area contributed by atoms with Gasteiger partial charge in [0.15, 0.2) is 0 Å². The zero-order chi connectivity index (χ0) is 21.3. The Labute approximate surface area is 181 Å². The molecule has 2 aliphatic rings. The molecule has 2 amide bonds. The van der Waals surface area contributed by atoms with E-state index in [-0.39, 0.29) is 17.9 Å². The summed E-state index contributed by atoms with van der Waals surface area (Å²) >= 11 is 0. The standard InChI is InChI=1S/C24H38N4O2/c1-21(2)28(18-22-10-6-5-7-11-22)24(30)20-26-16-14-25(15-17-26)19-23(29)27-12-8-3-4-9-13-27/h5-7,10-11,21H,3-4,8-9,12-20H2,1-2H3. The van der Waals surface area contributed by atoms with Gasteiger partial charge in [-0.3, -0.25) is 19.4 Å². The van der Waals surface area contributed by atoms with Gasteiger partial charge in [-0.15, -0.1) is 0 Å². The highest BCUT2D eigenvalue weighted by molar-refractivity contribution is 5.79. The van der Waals surface area contributed by atoms with Crippen molar-refractivity contribution in [2.24, 2.45) is 0 Å². The van der Waals surface area contributed by atoms with Crippen molar-refractivity contribution in [1.82, 2.24) is 19.6 Å². The monoisotopic (exact) mass is 414 g/mol. The van der Waals surface area contributed by atoms with Gasteiger partial charge in [-0.1, -0.05) is 43.2 Å². The fourth-order valence-electron chi connectivity index (χ4n) is 4.34. The predicted molar refractivity (Wildman–Crippen MR) is 120 cm³/mol. The summed E-state index contributed by atoms with van der Waals surface area (Å²) in [6.45, 7) is 11.0. The van der Waals surface area contributed by atoms with Crippen LogP contribution in [0, 0.1) is 0 Å². The van der Waals surface area contributed by atoms with E-state index in [9.17, 15) is 9.59 Å². The SMILES string of the molecule is CC(C)N(Cc1ccccc1)C(=O)CN1CCN(CC(=O)N2CCCCCC2)CC1. The maximum absolute atomic E-state index is 13.0. The van der Waals surface area contributed by atoms with Crippen molar-refractivity contribution in [2.75, 3.05) is 52.4 Å². The van der Waals surface area contributed by atoms with Crippen LogP contribution in [-0.2, 0) is 16.1 Å². The molecule has 0 aromatic heterocycles. The minimum Gasteiger partial charge on any atom is -0.342 e. The third-order valence-corrected chi connectivity index (χ3v) is 6.28. The van der Waals surface area contributed by atoms with Crippen LogP contribution in [0.25, 0.3) is 0 Å². The van der Waals surface area contributed by atoms with E-state index in [2.05, 4.69) is 35.8 Å². The Bertz CT molecular complexity index is 663. The number of nitrogens with zero attached hydrogens (tertiary/aromatic N) is 4. The van der Waals surface area contributed by atoms with E-state index in [1.807, 2.05) is 28.0 Å². The molecule has 2 aliphatic heterocycles. The topological polar surface area (TPSA) is 47.1 Å². The van der Waals surface area contributed by atoms with E-state index in [0.717, 1.165) is 57.7 Å². The van der Waals surface area contributed by atoms with Gasteiger partial charge in [0.2, 0.25) is 11.8 Å². The van der Waals surface area contributed by atoms with Crippen LogP contribution in [0.3, 0.4) is 0 Å². The van der Waals surface area contributed by atoms with Crippen LogP contribution in [0.1, 0.15) is 45.1 Å². The van der Waals surface area contributed by atoms with Crippen LogP contribution in [-0.4, -0.2) is 89.8 Å². The molecule has 0 aliphatic carbocycles. The Hall–Kier alpha value is -1.92. The van der Waals surface area contributed by atoms with E-state index in [1.54, 1.807) is 0 Å². The first kappa shape index (κ1) is 22.8. The maximum atomic E-state index is 13.0. The highest BCUT2D eigenvalue weighted by atomic mass is 16.2. The molecule has 0 radical (unpaired) electrons. The van der Waals surface area contributed by atoms with Gasteiger partial charge < -0.3 is 9.80 Å². The number of carbonyl (C=O) groups is 2. The highest BCUT2D eigenvalue weighted by Crippen LogP contribution is 2.12. The van der Waals surface area contributed by atoms with Crippen molar-refractivity contribution in [3.05, 3.63) is 35.9 Å². The maximum Gasteiger partial charge on any atom is 0.237 e. The zero-order valence-corrected chi connectivity index (χ0v) is 18.8. The lowest BCUT2D eigenvalue weighted by atomic mass is 10.2. The molecule has 2 fully saturated rings. The van der Waals surface area contributed by atoms with Crippen LogP contribution in [0.15, 0.2) is 30.3 Å². The largest absolute Gasteiger partial charge is 0.342 e. The predicted octanol–water partition coefficient (Wildman–Crippen LogP) is 2.44. The Morgan fingerprint density at radius 3 is 1.97 bits per heavy atom. The molecule has 166 valence electrons. The second-order valence-corrected chi connectivity index (χ2v) is 8.95. The second kappa shape index (κ2) is 11.5. The molecule has 0 atom stereocenters. The first-order chi connectivity index (χ1) is 14.5. The minimum atomic E-state index is 0.172. The molecule has 30 heavy (non-hydrogen) atoms. The molecule has 0 N–H and O–H groups in total. The molecule has 6 heteroatoms. The van der Waals surface area contributed by atoms with Crippen LogP contribution in [0.5, 0.6) is 0 Å². The molecule has 2 saturated heterocycles. The van der Waals surface area contributed by atoms with Gasteiger partial charge in [-0.25, -0.2) is 0 Å². The number of hydrogen-bond donors (Lipinski definition) is 0. The smallest absolute Gasteiger partial charge is 0.237 e. The highest BCUT2D eigenvalue weighted by Gasteiger charge is 2.25. The number of likely N-dealkylation sites (tertiary alicyclic amines) is 1. The normalized spacial score (nSPS) is 19.0. The summed E-state index contributed by atoms with van der Waals surface area (Å²) in [6.07, 6.45) is 4.76. The molecule has 3 rings (SSSR count). The van der Waals surface area contributed by atoms with Gasteiger partial charge in [0.25, 0.3) is 0 Å². The molecular weight excluding hydrogens is 376 g/mol. The lowest BCUT2D eigenvalue weighted by molar-refractivity contribution is -0.136. The fraction of sp³-hybridized carbons (Fsp3) is 0.667. The van der Waals surface area contributed by atoms with Gasteiger partial charge in [-0.2, -0.15) is 0 Å². The van der Waals surface area contributed by atoms with Crippen LogP contribution in [0.2, 0.25) is 0 Å². The van der Waals surface area contributed by atoms with Crippen LogP contribution in [0.4, 0.5) is 0 Å². The van der Waals surface area contributed by atoms with Crippen molar-refractivity contribution in [2.45, 2.75) is 52.1 Å². The molecule has 2 heterocycles. The summed E-state index contributed by atoms with van der Waals surface area (Å²) < 4.78 is 0. The van der Waals surface area contributed by atoms with Crippen LogP contribution < -0.4 is 0 Å². The number of carbonyl (C=O) groups excluding carboxylic acids is 2. The summed E-state index contributed by atoms with van der Waals surface area (Å²) in [5, 5.41) is 0. The third-order valence-electron chi connectivity index (χ3n) is 6.28. The zero-order valence-electron chi connectivity index (χ0n) is 18.8. The lowest BCUT2D eigenvalue weighted by Gasteiger charge is -2.36.